The van der Waals surface area contributed by atoms with E-state index in [1.54, 1.807) is 43.0 Å². The van der Waals surface area contributed by atoms with Crippen LogP contribution in [0.4, 0.5) is 17.1 Å². The van der Waals surface area contributed by atoms with E-state index in [1.165, 1.54) is 12.1 Å². The normalized spacial score (nSPS) is 13.9. The van der Waals surface area contributed by atoms with E-state index < -0.39 is 10.0 Å². The second-order valence-electron chi connectivity index (χ2n) is 8.85. The van der Waals surface area contributed by atoms with Crippen LogP contribution in [0.5, 0.6) is 0 Å². The average molecular weight is 458 g/mol. The minimum atomic E-state index is -3.79. The van der Waals surface area contributed by atoms with Crippen molar-refractivity contribution in [2.75, 3.05) is 21.5 Å². The molecule has 0 radical (unpaired) electrons. The smallest absolute Gasteiger partial charge is 0.261 e. The average Bonchev–Trinajstić information content (AvgIpc) is 2.73. The molecule has 7 nitrogen and oxygen atoms in total. The lowest BCUT2D eigenvalue weighted by molar-refractivity contribution is -0.119. The summed E-state index contributed by atoms with van der Waals surface area (Å²) < 4.78 is 28.3. The number of hydrogen-bond donors (Lipinski definition) is 2. The highest BCUT2D eigenvalue weighted by atomic mass is 32.2. The predicted octanol–water partition coefficient (Wildman–Crippen LogP) is 4.41. The fourth-order valence-electron chi connectivity index (χ4n) is 3.47. The number of fused-ring (bicyclic) bond motifs is 1. The van der Waals surface area contributed by atoms with Crippen molar-refractivity contribution in [3.63, 3.8) is 0 Å². The van der Waals surface area contributed by atoms with Crippen LogP contribution in [0.1, 0.15) is 46.1 Å². The fraction of sp³-hybridized carbons (Fsp3) is 0.417. The molecule has 3 rings (SSSR count). The molecule has 32 heavy (non-hydrogen) atoms. The van der Waals surface area contributed by atoms with Crippen molar-refractivity contribution in [1.29, 1.82) is 0 Å². The second-order valence-corrected chi connectivity index (χ2v) is 10.5. The summed E-state index contributed by atoms with van der Waals surface area (Å²) in [6, 6.07) is 11.4. The van der Waals surface area contributed by atoms with Crippen LogP contribution in [0.2, 0.25) is 0 Å². The van der Waals surface area contributed by atoms with Crippen molar-refractivity contribution in [2.45, 2.75) is 51.9 Å². The first-order chi connectivity index (χ1) is 15.1. The lowest BCUT2D eigenvalue weighted by Gasteiger charge is -2.30. The van der Waals surface area contributed by atoms with E-state index in [1.807, 2.05) is 6.07 Å². The summed E-state index contributed by atoms with van der Waals surface area (Å²) in [5, 5.41) is 2.74. The van der Waals surface area contributed by atoms with Gasteiger partial charge in [-0.25, -0.2) is 8.42 Å². The van der Waals surface area contributed by atoms with E-state index in [9.17, 15) is 18.0 Å². The standard InChI is InChI=1S/C24H31N3O4S/c1-16(2)13-14-27-22-11-8-20(15-18(22)5-12-23(27)28)26-32(30,31)21-9-6-19(7-10-21)25-24(29)17(3)4/h6-11,15-17,26H,5,12-14H2,1-4H3,(H,25,29). The molecular weight excluding hydrogens is 426 g/mol. The van der Waals surface area contributed by atoms with E-state index in [0.29, 0.717) is 36.7 Å². The molecule has 1 aliphatic rings. The highest BCUT2D eigenvalue weighted by molar-refractivity contribution is 7.92. The van der Waals surface area contributed by atoms with Gasteiger partial charge in [-0.2, -0.15) is 0 Å². The number of nitrogens with zero attached hydrogens (tertiary/aromatic N) is 1. The molecule has 1 aliphatic heterocycles. The van der Waals surface area contributed by atoms with Crippen molar-refractivity contribution >= 4 is 38.9 Å². The molecule has 172 valence electrons. The van der Waals surface area contributed by atoms with Crippen LogP contribution in [-0.4, -0.2) is 26.8 Å². The number of nitrogens with one attached hydrogen (secondary N) is 2. The zero-order chi connectivity index (χ0) is 23.5. The Kier molecular flexibility index (Phi) is 7.23. The van der Waals surface area contributed by atoms with Gasteiger partial charge < -0.3 is 10.2 Å². The Balaban J connectivity index is 1.75. The zero-order valence-electron chi connectivity index (χ0n) is 19.0. The molecular formula is C24H31N3O4S. The summed E-state index contributed by atoms with van der Waals surface area (Å²) in [6.45, 7) is 8.48. The van der Waals surface area contributed by atoms with Gasteiger partial charge >= 0.3 is 0 Å². The van der Waals surface area contributed by atoms with Gasteiger partial charge in [-0.3, -0.25) is 14.3 Å². The Morgan fingerprint density at radius 1 is 1.00 bits per heavy atom. The van der Waals surface area contributed by atoms with Gasteiger partial charge in [-0.1, -0.05) is 27.7 Å². The molecule has 0 bridgehead atoms. The predicted molar refractivity (Wildman–Crippen MR) is 127 cm³/mol. The molecule has 0 fully saturated rings. The van der Waals surface area contributed by atoms with Crippen LogP contribution >= 0.6 is 0 Å². The van der Waals surface area contributed by atoms with Crippen molar-refractivity contribution in [3.8, 4) is 0 Å². The van der Waals surface area contributed by atoms with E-state index in [-0.39, 0.29) is 22.6 Å². The van der Waals surface area contributed by atoms with Crippen molar-refractivity contribution < 1.29 is 18.0 Å². The number of carbonyl (C=O) groups excluding carboxylic acids is 2. The van der Waals surface area contributed by atoms with E-state index in [0.717, 1.165) is 17.7 Å². The molecule has 2 amide bonds. The van der Waals surface area contributed by atoms with Gasteiger partial charge in [-0.15, -0.1) is 0 Å². The number of amides is 2. The molecule has 0 atom stereocenters. The van der Waals surface area contributed by atoms with Gasteiger partial charge in [0, 0.05) is 35.9 Å². The maximum atomic E-state index is 12.8. The number of sulfonamides is 1. The van der Waals surface area contributed by atoms with Crippen LogP contribution in [0.25, 0.3) is 0 Å². The monoisotopic (exact) mass is 457 g/mol. The first-order valence-corrected chi connectivity index (χ1v) is 12.4. The molecule has 1 heterocycles. The molecule has 2 aromatic rings. The minimum absolute atomic E-state index is 0.103. The Hall–Kier alpha value is -2.87. The topological polar surface area (TPSA) is 95.6 Å². The molecule has 0 aliphatic carbocycles. The largest absolute Gasteiger partial charge is 0.326 e. The van der Waals surface area contributed by atoms with Crippen LogP contribution in [0.15, 0.2) is 47.4 Å². The van der Waals surface area contributed by atoms with Gasteiger partial charge in [-0.05, 0) is 66.8 Å². The first kappa shape index (κ1) is 23.8. The van der Waals surface area contributed by atoms with Crippen molar-refractivity contribution in [3.05, 3.63) is 48.0 Å². The molecule has 0 saturated carbocycles. The second kappa shape index (κ2) is 9.73. The van der Waals surface area contributed by atoms with Crippen LogP contribution in [0, 0.1) is 11.8 Å². The SMILES string of the molecule is CC(C)CCN1C(=O)CCc2cc(NS(=O)(=O)c3ccc(NC(=O)C(C)C)cc3)ccc21. The van der Waals surface area contributed by atoms with Gasteiger partial charge in [0.1, 0.15) is 0 Å². The molecule has 8 heteroatoms. The Bertz CT molecular complexity index is 1090. The Morgan fingerprint density at radius 2 is 1.66 bits per heavy atom. The third kappa shape index (κ3) is 5.68. The van der Waals surface area contributed by atoms with Crippen LogP contribution in [-0.2, 0) is 26.0 Å². The summed E-state index contributed by atoms with van der Waals surface area (Å²) >= 11 is 0. The van der Waals surface area contributed by atoms with Gasteiger partial charge in [0.15, 0.2) is 0 Å². The highest BCUT2D eigenvalue weighted by Gasteiger charge is 2.25. The van der Waals surface area contributed by atoms with Gasteiger partial charge in [0.05, 0.1) is 4.90 Å². The van der Waals surface area contributed by atoms with Crippen LogP contribution in [0.3, 0.4) is 0 Å². The maximum Gasteiger partial charge on any atom is 0.261 e. The fourth-order valence-corrected chi connectivity index (χ4v) is 4.52. The Morgan fingerprint density at radius 3 is 2.28 bits per heavy atom. The third-order valence-electron chi connectivity index (χ3n) is 5.42. The maximum absolute atomic E-state index is 12.8. The quantitative estimate of drug-likeness (QED) is 0.614. The number of hydrogen-bond acceptors (Lipinski definition) is 4. The van der Waals surface area contributed by atoms with Crippen molar-refractivity contribution in [2.24, 2.45) is 11.8 Å². The zero-order valence-corrected chi connectivity index (χ0v) is 19.8. The first-order valence-electron chi connectivity index (χ1n) is 10.9. The molecule has 2 N–H and O–H groups in total. The summed E-state index contributed by atoms with van der Waals surface area (Å²) in [6.07, 6.45) is 1.92. The Labute approximate surface area is 190 Å². The van der Waals surface area contributed by atoms with Gasteiger partial charge in [0.2, 0.25) is 11.8 Å². The van der Waals surface area contributed by atoms with E-state index in [4.69, 9.17) is 0 Å². The van der Waals surface area contributed by atoms with Crippen molar-refractivity contribution in [1.82, 2.24) is 0 Å². The molecule has 2 aromatic carbocycles. The van der Waals surface area contributed by atoms with Gasteiger partial charge in [0.25, 0.3) is 10.0 Å². The summed E-state index contributed by atoms with van der Waals surface area (Å²) in [5.74, 6) is 0.301. The number of anilines is 3. The third-order valence-corrected chi connectivity index (χ3v) is 6.82. The molecule has 0 unspecified atom stereocenters. The highest BCUT2D eigenvalue weighted by Crippen LogP contribution is 2.31. The molecule has 0 spiro atoms. The summed E-state index contributed by atoms with van der Waals surface area (Å²) in [4.78, 5) is 26.1. The molecule has 0 aromatic heterocycles. The lowest BCUT2D eigenvalue weighted by atomic mass is 9.99. The van der Waals surface area contributed by atoms with E-state index >= 15 is 0 Å². The number of aryl methyl sites for hydroxylation is 1. The summed E-state index contributed by atoms with van der Waals surface area (Å²) in [7, 11) is -3.79. The lowest BCUT2D eigenvalue weighted by Crippen LogP contribution is -2.36. The summed E-state index contributed by atoms with van der Waals surface area (Å²) in [5.41, 5.74) is 2.82. The molecule has 0 saturated heterocycles. The van der Waals surface area contributed by atoms with E-state index in [2.05, 4.69) is 23.9 Å². The van der Waals surface area contributed by atoms with Crippen LogP contribution < -0.4 is 14.9 Å². The number of benzene rings is 2. The number of carbonyl (C=O) groups is 2. The minimum Gasteiger partial charge on any atom is -0.326 e. The number of rotatable bonds is 8.